The predicted molar refractivity (Wildman–Crippen MR) is 133 cm³/mol. The fourth-order valence-corrected chi connectivity index (χ4v) is 5.32. The lowest BCUT2D eigenvalue weighted by molar-refractivity contribution is -0.132. The second kappa shape index (κ2) is 8.96. The summed E-state index contributed by atoms with van der Waals surface area (Å²) in [7, 11) is 1.49. The quantitative estimate of drug-likeness (QED) is 0.224. The Bertz CT molecular complexity index is 1490. The lowest BCUT2D eigenvalue weighted by atomic mass is 9.94. The number of aryl methyl sites for hydroxylation is 1. The second-order valence-corrected chi connectivity index (χ2v) is 9.08. The number of hydrogen-bond donors (Lipinski definition) is 1. The van der Waals surface area contributed by atoms with Crippen LogP contribution in [0.3, 0.4) is 0 Å². The number of para-hydroxylation sites is 1. The van der Waals surface area contributed by atoms with Crippen molar-refractivity contribution >= 4 is 44.1 Å². The van der Waals surface area contributed by atoms with Gasteiger partial charge in [-0.25, -0.2) is 9.37 Å². The Balaban J connectivity index is 1.74. The van der Waals surface area contributed by atoms with Gasteiger partial charge in [-0.15, -0.1) is 0 Å². The van der Waals surface area contributed by atoms with Crippen LogP contribution in [0.15, 0.2) is 72.3 Å². The summed E-state index contributed by atoms with van der Waals surface area (Å²) in [5, 5.41) is 11.5. The Morgan fingerprint density at radius 3 is 2.57 bits per heavy atom. The molecule has 3 aromatic carbocycles. The van der Waals surface area contributed by atoms with Gasteiger partial charge in [-0.05, 0) is 54.4 Å². The molecule has 176 valence electrons. The van der Waals surface area contributed by atoms with Gasteiger partial charge in [0.05, 0.1) is 22.9 Å². The summed E-state index contributed by atoms with van der Waals surface area (Å²) in [6, 6.07) is 17.0. The molecule has 0 unspecified atom stereocenters. The van der Waals surface area contributed by atoms with Gasteiger partial charge in [0, 0.05) is 11.1 Å². The molecule has 0 aliphatic carbocycles. The fraction of sp³-hybridized carbons (Fsp3) is 0.148. The van der Waals surface area contributed by atoms with Crippen LogP contribution in [0.2, 0.25) is 0 Å². The highest BCUT2D eigenvalue weighted by atomic mass is 32.1. The maximum atomic E-state index is 13.5. The molecule has 5 rings (SSSR count). The van der Waals surface area contributed by atoms with E-state index in [1.54, 1.807) is 24.3 Å². The predicted octanol–water partition coefficient (Wildman–Crippen LogP) is 5.63. The number of aliphatic hydroxyl groups excluding tert-OH is 1. The van der Waals surface area contributed by atoms with Gasteiger partial charge >= 0.3 is 5.91 Å². The smallest absolute Gasteiger partial charge is 0.301 e. The Labute approximate surface area is 204 Å². The van der Waals surface area contributed by atoms with Crippen LogP contribution in [0.5, 0.6) is 5.75 Å². The summed E-state index contributed by atoms with van der Waals surface area (Å²) >= 11 is 1.30. The third-order valence-electron chi connectivity index (χ3n) is 6.05. The average molecular weight is 489 g/mol. The number of carbonyl (C=O) groups excluding carboxylic acids is 2. The van der Waals surface area contributed by atoms with Crippen molar-refractivity contribution in [3.05, 3.63) is 94.8 Å². The summed E-state index contributed by atoms with van der Waals surface area (Å²) < 4.78 is 19.9. The second-order valence-electron chi connectivity index (χ2n) is 8.07. The number of benzene rings is 3. The summed E-state index contributed by atoms with van der Waals surface area (Å²) in [5.74, 6) is -2.08. The molecular weight excluding hydrogens is 467 g/mol. The number of rotatable bonds is 5. The van der Waals surface area contributed by atoms with Crippen LogP contribution < -0.4 is 9.64 Å². The highest BCUT2D eigenvalue weighted by Gasteiger charge is 2.49. The van der Waals surface area contributed by atoms with Crippen molar-refractivity contribution in [1.82, 2.24) is 4.98 Å². The largest absolute Gasteiger partial charge is 0.507 e. The van der Waals surface area contributed by atoms with Crippen molar-refractivity contribution in [3.8, 4) is 5.75 Å². The number of hydrogen-bond acceptors (Lipinski definition) is 6. The van der Waals surface area contributed by atoms with Gasteiger partial charge in [-0.2, -0.15) is 0 Å². The van der Waals surface area contributed by atoms with E-state index in [9.17, 15) is 19.1 Å². The molecule has 35 heavy (non-hydrogen) atoms. The van der Waals surface area contributed by atoms with Crippen LogP contribution in [-0.4, -0.2) is 28.9 Å². The number of ether oxygens (including phenoxy) is 1. The Morgan fingerprint density at radius 1 is 1.11 bits per heavy atom. The molecule has 1 fully saturated rings. The van der Waals surface area contributed by atoms with E-state index >= 15 is 0 Å². The summed E-state index contributed by atoms with van der Waals surface area (Å²) in [6.07, 6.45) is 0.854. The Morgan fingerprint density at radius 2 is 1.86 bits per heavy atom. The SMILES string of the molecule is CCc1ccc2nc(N3C(=O)C(=O)/C(=C(/O)c4ccc(F)cc4)[C@@H]3c3ccccc3OC)sc2c1. The average Bonchev–Trinajstić information content (AvgIpc) is 3.41. The molecule has 2 heterocycles. The third kappa shape index (κ3) is 3.85. The van der Waals surface area contributed by atoms with Gasteiger partial charge in [-0.3, -0.25) is 14.5 Å². The number of aliphatic hydroxyl groups is 1. The molecule has 4 aromatic rings. The lowest BCUT2D eigenvalue weighted by Gasteiger charge is -2.24. The van der Waals surface area contributed by atoms with E-state index in [0.717, 1.165) is 16.7 Å². The minimum Gasteiger partial charge on any atom is -0.507 e. The molecule has 0 spiro atoms. The highest BCUT2D eigenvalue weighted by molar-refractivity contribution is 7.22. The summed E-state index contributed by atoms with van der Waals surface area (Å²) in [6.45, 7) is 2.05. The number of nitrogens with zero attached hydrogens (tertiary/aromatic N) is 2. The topological polar surface area (TPSA) is 79.7 Å². The van der Waals surface area contributed by atoms with Crippen LogP contribution in [0, 0.1) is 5.82 Å². The van der Waals surface area contributed by atoms with E-state index in [1.165, 1.54) is 47.6 Å². The molecule has 1 saturated heterocycles. The standard InChI is InChI=1S/C27H21FN2O4S/c1-3-15-8-13-19-21(14-15)35-27(29-19)30-23(18-6-4-5-7-20(18)34-2)22(25(32)26(30)33)24(31)16-9-11-17(28)12-10-16/h4-14,23,31H,3H2,1-2H3/b24-22+/t23-/m0/s1. The summed E-state index contributed by atoms with van der Waals surface area (Å²) in [5.41, 5.74) is 2.47. The van der Waals surface area contributed by atoms with Crippen LogP contribution in [0.1, 0.15) is 29.7 Å². The first-order valence-electron chi connectivity index (χ1n) is 11.0. The van der Waals surface area contributed by atoms with Crippen molar-refractivity contribution in [1.29, 1.82) is 0 Å². The Kier molecular flexibility index (Phi) is 5.82. The van der Waals surface area contributed by atoms with Crippen molar-refractivity contribution in [2.75, 3.05) is 12.0 Å². The third-order valence-corrected chi connectivity index (χ3v) is 7.07. The van der Waals surface area contributed by atoms with E-state index in [0.29, 0.717) is 22.0 Å². The van der Waals surface area contributed by atoms with Crippen molar-refractivity contribution in [2.24, 2.45) is 0 Å². The van der Waals surface area contributed by atoms with Crippen molar-refractivity contribution < 1.29 is 23.8 Å². The number of aromatic nitrogens is 1. The summed E-state index contributed by atoms with van der Waals surface area (Å²) in [4.78, 5) is 32.7. The molecule has 1 aliphatic heterocycles. The number of methoxy groups -OCH3 is 1. The number of carbonyl (C=O) groups is 2. The maximum Gasteiger partial charge on any atom is 0.301 e. The van der Waals surface area contributed by atoms with E-state index in [-0.39, 0.29) is 11.1 Å². The molecule has 1 aromatic heterocycles. The molecule has 6 nitrogen and oxygen atoms in total. The molecule has 0 bridgehead atoms. The number of anilines is 1. The molecule has 0 saturated carbocycles. The number of halogens is 1. The van der Waals surface area contributed by atoms with E-state index in [4.69, 9.17) is 4.74 Å². The van der Waals surface area contributed by atoms with Gasteiger partial charge < -0.3 is 9.84 Å². The van der Waals surface area contributed by atoms with Crippen LogP contribution in [0.4, 0.5) is 9.52 Å². The molecule has 1 amide bonds. The first-order chi connectivity index (χ1) is 16.9. The zero-order chi connectivity index (χ0) is 24.7. The number of fused-ring (bicyclic) bond motifs is 1. The minimum atomic E-state index is -0.984. The van der Waals surface area contributed by atoms with Gasteiger partial charge in [0.1, 0.15) is 23.4 Å². The number of thiazole rings is 1. The number of Topliss-reactive ketones (excluding diaryl/α,β-unsaturated/α-hetero) is 1. The minimum absolute atomic E-state index is 0.111. The van der Waals surface area contributed by atoms with Crippen LogP contribution in [0.25, 0.3) is 16.0 Å². The molecule has 8 heteroatoms. The monoisotopic (exact) mass is 488 g/mol. The van der Waals surface area contributed by atoms with E-state index < -0.39 is 29.3 Å². The molecule has 1 atom stereocenters. The van der Waals surface area contributed by atoms with Gasteiger partial charge in [0.15, 0.2) is 5.13 Å². The Hall–Kier alpha value is -4.04. The maximum absolute atomic E-state index is 13.5. The van der Waals surface area contributed by atoms with E-state index in [2.05, 4.69) is 11.9 Å². The molecular formula is C27H21FN2O4S. The number of amides is 1. The molecule has 1 aliphatic rings. The van der Waals surface area contributed by atoms with E-state index in [1.807, 2.05) is 18.2 Å². The lowest BCUT2D eigenvalue weighted by Crippen LogP contribution is -2.29. The fourth-order valence-electron chi connectivity index (χ4n) is 4.26. The van der Waals surface area contributed by atoms with Gasteiger partial charge in [0.25, 0.3) is 5.78 Å². The number of ketones is 1. The zero-order valence-electron chi connectivity index (χ0n) is 19.0. The first kappa shape index (κ1) is 22.7. The first-order valence-corrected chi connectivity index (χ1v) is 11.8. The van der Waals surface area contributed by atoms with Gasteiger partial charge in [-0.1, -0.05) is 42.5 Å². The van der Waals surface area contributed by atoms with Crippen molar-refractivity contribution in [2.45, 2.75) is 19.4 Å². The van der Waals surface area contributed by atoms with Crippen LogP contribution >= 0.6 is 11.3 Å². The molecule has 0 radical (unpaired) electrons. The van der Waals surface area contributed by atoms with Gasteiger partial charge in [0.2, 0.25) is 0 Å². The zero-order valence-corrected chi connectivity index (χ0v) is 19.8. The normalized spacial score (nSPS) is 17.3. The molecule has 1 N–H and O–H groups in total. The highest BCUT2D eigenvalue weighted by Crippen LogP contribution is 2.46. The van der Waals surface area contributed by atoms with Crippen LogP contribution in [-0.2, 0) is 16.0 Å². The van der Waals surface area contributed by atoms with Crippen molar-refractivity contribution in [3.63, 3.8) is 0 Å².